The third-order valence-corrected chi connectivity index (χ3v) is 1.67. The quantitative estimate of drug-likeness (QED) is 0.651. The lowest BCUT2D eigenvalue weighted by Crippen LogP contribution is -1.82. The molecule has 1 rings (SSSR count). The first-order valence-corrected chi connectivity index (χ1v) is 3.60. The van der Waals surface area contributed by atoms with E-state index in [1.807, 2.05) is 6.07 Å². The average molecular weight is 168 g/mol. The molecule has 3 heteroatoms. The molecule has 0 aliphatic carbocycles. The van der Waals surface area contributed by atoms with Gasteiger partial charge in [0.15, 0.2) is 0 Å². The third-order valence-electron chi connectivity index (χ3n) is 1.38. The standard InChI is InChI=1S/C8H6ClNO/c9-4-6-2-1-3-7(5-10)8(6)11/h1-3,11H,4H2. The van der Waals surface area contributed by atoms with Crippen molar-refractivity contribution in [3.8, 4) is 11.8 Å². The Hall–Kier alpha value is -1.20. The molecule has 0 atom stereocenters. The molecule has 1 aromatic carbocycles. The van der Waals surface area contributed by atoms with Crippen LogP contribution in [0.5, 0.6) is 5.75 Å². The van der Waals surface area contributed by atoms with Crippen LogP contribution in [0.15, 0.2) is 18.2 Å². The molecule has 11 heavy (non-hydrogen) atoms. The molecule has 2 nitrogen and oxygen atoms in total. The Bertz CT molecular complexity index is 303. The minimum atomic E-state index is -0.00926. The van der Waals surface area contributed by atoms with E-state index in [-0.39, 0.29) is 17.2 Å². The maximum atomic E-state index is 9.28. The lowest BCUT2D eigenvalue weighted by atomic mass is 10.1. The van der Waals surface area contributed by atoms with Crippen molar-refractivity contribution in [3.63, 3.8) is 0 Å². The van der Waals surface area contributed by atoms with Crippen LogP contribution in [0.2, 0.25) is 0 Å². The van der Waals surface area contributed by atoms with Crippen LogP contribution in [0.1, 0.15) is 11.1 Å². The highest BCUT2D eigenvalue weighted by atomic mass is 35.5. The van der Waals surface area contributed by atoms with Crippen molar-refractivity contribution in [2.75, 3.05) is 0 Å². The van der Waals surface area contributed by atoms with Gasteiger partial charge in [-0.1, -0.05) is 12.1 Å². The number of nitrogens with zero attached hydrogens (tertiary/aromatic N) is 1. The van der Waals surface area contributed by atoms with E-state index in [4.69, 9.17) is 16.9 Å². The summed E-state index contributed by atoms with van der Waals surface area (Å²) in [6.45, 7) is 0. The number of aromatic hydroxyl groups is 1. The predicted molar refractivity (Wildman–Crippen MR) is 42.4 cm³/mol. The van der Waals surface area contributed by atoms with Crippen LogP contribution in [0, 0.1) is 11.3 Å². The summed E-state index contributed by atoms with van der Waals surface area (Å²) in [6, 6.07) is 6.78. The number of benzene rings is 1. The second kappa shape index (κ2) is 3.27. The molecule has 1 aromatic rings. The maximum Gasteiger partial charge on any atom is 0.137 e. The van der Waals surface area contributed by atoms with Gasteiger partial charge < -0.3 is 5.11 Å². The summed E-state index contributed by atoms with van der Waals surface area (Å²) >= 11 is 5.49. The SMILES string of the molecule is N#Cc1cccc(CCl)c1O. The van der Waals surface area contributed by atoms with Gasteiger partial charge in [-0.2, -0.15) is 5.26 Å². The van der Waals surface area contributed by atoms with Gasteiger partial charge >= 0.3 is 0 Å². The van der Waals surface area contributed by atoms with Crippen LogP contribution < -0.4 is 0 Å². The first-order chi connectivity index (χ1) is 5.29. The van der Waals surface area contributed by atoms with Crippen molar-refractivity contribution >= 4 is 11.6 Å². The van der Waals surface area contributed by atoms with Crippen LogP contribution in [0.3, 0.4) is 0 Å². The lowest BCUT2D eigenvalue weighted by Gasteiger charge is -1.99. The Labute approximate surface area is 69.7 Å². The highest BCUT2D eigenvalue weighted by Crippen LogP contribution is 2.22. The molecule has 0 saturated heterocycles. The second-order valence-corrected chi connectivity index (χ2v) is 2.33. The minimum Gasteiger partial charge on any atom is -0.506 e. The Morgan fingerprint density at radius 2 is 2.27 bits per heavy atom. The zero-order valence-electron chi connectivity index (χ0n) is 5.71. The predicted octanol–water partition coefficient (Wildman–Crippen LogP) is 2.00. The van der Waals surface area contributed by atoms with E-state index in [0.29, 0.717) is 5.56 Å². The van der Waals surface area contributed by atoms with E-state index in [9.17, 15) is 5.11 Å². The summed E-state index contributed by atoms with van der Waals surface area (Å²) in [5.74, 6) is 0.214. The molecule has 0 heterocycles. The van der Waals surface area contributed by atoms with Gasteiger partial charge in [0, 0.05) is 5.56 Å². The minimum absolute atomic E-state index is 0.00926. The fourth-order valence-electron chi connectivity index (χ4n) is 0.789. The van der Waals surface area contributed by atoms with Crippen molar-refractivity contribution in [2.24, 2.45) is 0 Å². The van der Waals surface area contributed by atoms with Gasteiger partial charge in [-0.05, 0) is 6.07 Å². The van der Waals surface area contributed by atoms with Gasteiger partial charge in [0.05, 0.1) is 11.4 Å². The molecule has 0 aliphatic heterocycles. The number of hydrogen-bond acceptors (Lipinski definition) is 2. The van der Waals surface area contributed by atoms with E-state index in [2.05, 4.69) is 0 Å². The van der Waals surface area contributed by atoms with Gasteiger partial charge in [0.2, 0.25) is 0 Å². The lowest BCUT2D eigenvalue weighted by molar-refractivity contribution is 0.469. The van der Waals surface area contributed by atoms with Crippen molar-refractivity contribution in [1.82, 2.24) is 0 Å². The molecule has 0 unspecified atom stereocenters. The first-order valence-electron chi connectivity index (χ1n) is 3.06. The van der Waals surface area contributed by atoms with E-state index in [1.165, 1.54) is 0 Å². The smallest absolute Gasteiger partial charge is 0.137 e. The largest absolute Gasteiger partial charge is 0.506 e. The van der Waals surface area contributed by atoms with E-state index < -0.39 is 0 Å². The number of halogens is 1. The summed E-state index contributed by atoms with van der Waals surface area (Å²) in [5, 5.41) is 17.8. The number of hydrogen-bond donors (Lipinski definition) is 1. The molecule has 56 valence electrons. The molecule has 0 aliphatic rings. The van der Waals surface area contributed by atoms with Gasteiger partial charge in [-0.15, -0.1) is 11.6 Å². The van der Waals surface area contributed by atoms with Crippen LogP contribution >= 0.6 is 11.6 Å². The number of phenolic OH excluding ortho intramolecular Hbond substituents is 1. The van der Waals surface area contributed by atoms with Gasteiger partial charge in [-0.3, -0.25) is 0 Å². The first kappa shape index (κ1) is 7.90. The Morgan fingerprint density at radius 3 is 2.82 bits per heavy atom. The van der Waals surface area contributed by atoms with E-state index >= 15 is 0 Å². The highest BCUT2D eigenvalue weighted by Gasteiger charge is 2.03. The number of para-hydroxylation sites is 1. The molecule has 0 amide bonds. The summed E-state index contributed by atoms with van der Waals surface area (Å²) in [7, 11) is 0. The summed E-state index contributed by atoms with van der Waals surface area (Å²) in [6.07, 6.45) is 0. The molecule has 0 aromatic heterocycles. The van der Waals surface area contributed by atoms with Gasteiger partial charge in [0.25, 0.3) is 0 Å². The zero-order valence-corrected chi connectivity index (χ0v) is 6.47. The molecular formula is C8H6ClNO. The number of phenols is 1. The fourth-order valence-corrected chi connectivity index (χ4v) is 1.01. The average Bonchev–Trinajstić information content (AvgIpc) is 2.05. The zero-order chi connectivity index (χ0) is 8.27. The number of nitriles is 1. The van der Waals surface area contributed by atoms with Crippen molar-refractivity contribution in [3.05, 3.63) is 29.3 Å². The normalized spacial score (nSPS) is 9.09. The van der Waals surface area contributed by atoms with Crippen molar-refractivity contribution in [2.45, 2.75) is 5.88 Å². The topological polar surface area (TPSA) is 44.0 Å². The molecule has 1 N–H and O–H groups in total. The fraction of sp³-hybridized carbons (Fsp3) is 0.125. The Morgan fingerprint density at radius 1 is 1.55 bits per heavy atom. The summed E-state index contributed by atoms with van der Waals surface area (Å²) in [5.41, 5.74) is 0.855. The number of alkyl halides is 1. The van der Waals surface area contributed by atoms with Crippen LogP contribution in [0.4, 0.5) is 0 Å². The van der Waals surface area contributed by atoms with Crippen molar-refractivity contribution < 1.29 is 5.11 Å². The Kier molecular flexibility index (Phi) is 2.35. The summed E-state index contributed by atoms with van der Waals surface area (Å²) < 4.78 is 0. The molecule has 0 fully saturated rings. The van der Waals surface area contributed by atoms with E-state index in [1.54, 1.807) is 18.2 Å². The second-order valence-electron chi connectivity index (χ2n) is 2.06. The summed E-state index contributed by atoms with van der Waals surface area (Å²) in [4.78, 5) is 0. The van der Waals surface area contributed by atoms with Gasteiger partial charge in [0.1, 0.15) is 11.8 Å². The number of rotatable bonds is 1. The third kappa shape index (κ3) is 1.44. The van der Waals surface area contributed by atoms with Crippen LogP contribution in [0.25, 0.3) is 0 Å². The molecule has 0 bridgehead atoms. The van der Waals surface area contributed by atoms with Crippen LogP contribution in [-0.4, -0.2) is 5.11 Å². The van der Waals surface area contributed by atoms with Gasteiger partial charge in [-0.25, -0.2) is 0 Å². The highest BCUT2D eigenvalue weighted by molar-refractivity contribution is 6.17. The maximum absolute atomic E-state index is 9.28. The monoisotopic (exact) mass is 167 g/mol. The van der Waals surface area contributed by atoms with Crippen LogP contribution in [-0.2, 0) is 5.88 Å². The van der Waals surface area contributed by atoms with E-state index in [0.717, 1.165) is 0 Å². The Balaban J connectivity index is 3.23. The van der Waals surface area contributed by atoms with Crippen molar-refractivity contribution in [1.29, 1.82) is 5.26 Å². The molecule has 0 spiro atoms. The molecular weight excluding hydrogens is 162 g/mol. The molecule has 0 radical (unpaired) electrons. The molecule has 0 saturated carbocycles.